The molecule has 0 bridgehead atoms. The lowest BCUT2D eigenvalue weighted by Crippen LogP contribution is -2.44. The van der Waals surface area contributed by atoms with E-state index in [2.05, 4.69) is 10.6 Å². The SMILES string of the molecule is CC(O)(CNC(=O)NC(c1ccccc1)c1ccccc1)c1cc2ccccc2s1. The first kappa shape index (κ1) is 20.1. The van der Waals surface area contributed by atoms with Crippen LogP contribution in [-0.2, 0) is 5.60 Å². The van der Waals surface area contributed by atoms with E-state index in [4.69, 9.17) is 0 Å². The summed E-state index contributed by atoms with van der Waals surface area (Å²) in [5, 5.41) is 17.9. The molecule has 0 aliphatic heterocycles. The second-order valence-electron chi connectivity index (χ2n) is 7.50. The molecule has 4 aromatic rings. The molecule has 0 saturated carbocycles. The van der Waals surface area contributed by atoms with Crippen LogP contribution in [0, 0.1) is 0 Å². The van der Waals surface area contributed by atoms with Gasteiger partial charge in [-0.2, -0.15) is 0 Å². The average Bonchev–Trinajstić information content (AvgIpc) is 3.23. The van der Waals surface area contributed by atoms with Gasteiger partial charge < -0.3 is 15.7 Å². The predicted molar refractivity (Wildman–Crippen MR) is 123 cm³/mol. The third kappa shape index (κ3) is 4.53. The van der Waals surface area contributed by atoms with Crippen LogP contribution in [0.15, 0.2) is 91.0 Å². The van der Waals surface area contributed by atoms with Crippen LogP contribution in [0.2, 0.25) is 0 Å². The molecule has 4 rings (SSSR count). The Morgan fingerprint density at radius 1 is 0.933 bits per heavy atom. The van der Waals surface area contributed by atoms with Gasteiger partial charge >= 0.3 is 6.03 Å². The molecule has 0 radical (unpaired) electrons. The van der Waals surface area contributed by atoms with Crippen molar-refractivity contribution in [3.63, 3.8) is 0 Å². The van der Waals surface area contributed by atoms with Crippen LogP contribution >= 0.6 is 11.3 Å². The highest BCUT2D eigenvalue weighted by Crippen LogP contribution is 2.32. The number of hydrogen-bond acceptors (Lipinski definition) is 3. The Morgan fingerprint density at radius 3 is 2.10 bits per heavy atom. The Labute approximate surface area is 180 Å². The van der Waals surface area contributed by atoms with Gasteiger partial charge in [-0.1, -0.05) is 78.9 Å². The minimum absolute atomic E-state index is 0.113. The zero-order valence-electron chi connectivity index (χ0n) is 16.7. The summed E-state index contributed by atoms with van der Waals surface area (Å²) in [6.45, 7) is 1.84. The van der Waals surface area contributed by atoms with Gasteiger partial charge in [-0.25, -0.2) is 4.79 Å². The number of benzene rings is 3. The Balaban J connectivity index is 1.47. The molecular formula is C25H24N2O2S. The van der Waals surface area contributed by atoms with Crippen LogP contribution < -0.4 is 10.6 Å². The first-order valence-corrected chi connectivity index (χ1v) is 10.7. The number of carbonyl (C=O) groups is 1. The summed E-state index contributed by atoms with van der Waals surface area (Å²) in [5.41, 5.74) is 0.834. The van der Waals surface area contributed by atoms with E-state index in [0.29, 0.717) is 0 Å². The number of amides is 2. The van der Waals surface area contributed by atoms with Gasteiger partial charge in [0.05, 0.1) is 12.6 Å². The highest BCUT2D eigenvalue weighted by molar-refractivity contribution is 7.19. The molecule has 0 saturated heterocycles. The molecule has 3 aromatic carbocycles. The van der Waals surface area contributed by atoms with Gasteiger partial charge in [0.25, 0.3) is 0 Å². The second-order valence-corrected chi connectivity index (χ2v) is 8.59. The molecule has 1 aromatic heterocycles. The van der Waals surface area contributed by atoms with E-state index in [-0.39, 0.29) is 18.6 Å². The van der Waals surface area contributed by atoms with Gasteiger partial charge in [0.1, 0.15) is 5.60 Å². The van der Waals surface area contributed by atoms with E-state index in [1.165, 1.54) is 0 Å². The molecule has 4 nitrogen and oxygen atoms in total. The summed E-state index contributed by atoms with van der Waals surface area (Å²) >= 11 is 1.54. The quantitative estimate of drug-likeness (QED) is 0.405. The smallest absolute Gasteiger partial charge is 0.315 e. The Bertz CT molecular complexity index is 1050. The number of nitrogens with one attached hydrogen (secondary N) is 2. The summed E-state index contributed by atoms with van der Waals surface area (Å²) in [5.74, 6) is 0. The fraction of sp³-hybridized carbons (Fsp3) is 0.160. The van der Waals surface area contributed by atoms with Gasteiger partial charge in [-0.3, -0.25) is 0 Å². The highest BCUT2D eigenvalue weighted by atomic mass is 32.1. The molecule has 1 atom stereocenters. The molecule has 1 heterocycles. The van der Waals surface area contributed by atoms with Crippen molar-refractivity contribution in [2.75, 3.05) is 6.54 Å². The van der Waals surface area contributed by atoms with Crippen LogP contribution in [0.1, 0.15) is 29.0 Å². The number of rotatable bonds is 6. The zero-order valence-corrected chi connectivity index (χ0v) is 17.5. The second kappa shape index (κ2) is 8.69. The lowest BCUT2D eigenvalue weighted by atomic mass is 9.99. The largest absolute Gasteiger partial charge is 0.383 e. The minimum atomic E-state index is -1.16. The maximum absolute atomic E-state index is 12.7. The number of fused-ring (bicyclic) bond motifs is 1. The van der Waals surface area contributed by atoms with Crippen LogP contribution in [0.4, 0.5) is 4.79 Å². The maximum atomic E-state index is 12.7. The lowest BCUT2D eigenvalue weighted by molar-refractivity contribution is 0.0631. The molecule has 0 aliphatic carbocycles. The fourth-order valence-corrected chi connectivity index (χ4v) is 4.53. The van der Waals surface area contributed by atoms with Gasteiger partial charge in [0.15, 0.2) is 0 Å². The molecular weight excluding hydrogens is 392 g/mol. The summed E-state index contributed by atoms with van der Waals surface area (Å²) in [4.78, 5) is 13.5. The maximum Gasteiger partial charge on any atom is 0.315 e. The first-order chi connectivity index (χ1) is 14.5. The van der Waals surface area contributed by atoms with E-state index < -0.39 is 5.60 Å². The number of thiophene rings is 1. The molecule has 30 heavy (non-hydrogen) atoms. The average molecular weight is 417 g/mol. The van der Waals surface area contributed by atoms with Gasteiger partial charge in [0.2, 0.25) is 0 Å². The zero-order chi connectivity index (χ0) is 21.0. The molecule has 0 fully saturated rings. The molecule has 1 unspecified atom stereocenters. The topological polar surface area (TPSA) is 61.4 Å². The van der Waals surface area contributed by atoms with Crippen molar-refractivity contribution in [1.82, 2.24) is 10.6 Å². The number of urea groups is 1. The van der Waals surface area contributed by atoms with Gasteiger partial charge in [-0.15, -0.1) is 11.3 Å². The van der Waals surface area contributed by atoms with Crippen molar-refractivity contribution in [1.29, 1.82) is 0 Å². The Kier molecular flexibility index (Phi) is 5.84. The van der Waals surface area contributed by atoms with Gasteiger partial charge in [-0.05, 0) is 35.6 Å². The van der Waals surface area contributed by atoms with Crippen LogP contribution in [0.3, 0.4) is 0 Å². The monoisotopic (exact) mass is 416 g/mol. The molecule has 0 aliphatic rings. The molecule has 3 N–H and O–H groups in total. The number of aliphatic hydroxyl groups is 1. The normalized spacial score (nSPS) is 13.2. The van der Waals surface area contributed by atoms with E-state index in [9.17, 15) is 9.90 Å². The standard InChI is InChI=1S/C25H24N2O2S/c1-25(29,22-16-20-14-8-9-15-21(20)30-22)17-26-24(28)27-23(18-10-4-2-5-11-18)19-12-6-3-7-13-19/h2-16,23,29H,17H2,1H3,(H2,26,27,28). The van der Waals surface area contributed by atoms with Crippen LogP contribution in [-0.4, -0.2) is 17.7 Å². The molecule has 5 heteroatoms. The number of hydrogen-bond donors (Lipinski definition) is 3. The van der Waals surface area contributed by atoms with Crippen molar-refractivity contribution in [3.8, 4) is 0 Å². The Morgan fingerprint density at radius 2 is 1.50 bits per heavy atom. The third-order valence-corrected chi connectivity index (χ3v) is 6.46. The van der Waals surface area contributed by atoms with Crippen LogP contribution in [0.25, 0.3) is 10.1 Å². The summed E-state index contributed by atoms with van der Waals surface area (Å²) in [6, 6.07) is 29.1. The van der Waals surface area contributed by atoms with Crippen molar-refractivity contribution in [2.45, 2.75) is 18.6 Å². The number of carbonyl (C=O) groups excluding carboxylic acids is 1. The van der Waals surface area contributed by atoms with Gasteiger partial charge in [0, 0.05) is 9.58 Å². The van der Waals surface area contributed by atoms with Crippen molar-refractivity contribution in [3.05, 3.63) is 107 Å². The van der Waals surface area contributed by atoms with E-state index in [1.807, 2.05) is 91.0 Å². The summed E-state index contributed by atoms with van der Waals surface area (Å²) in [7, 11) is 0. The lowest BCUT2D eigenvalue weighted by Gasteiger charge is -2.24. The van der Waals surface area contributed by atoms with E-state index >= 15 is 0 Å². The Hall–Kier alpha value is -3.15. The summed E-state index contributed by atoms with van der Waals surface area (Å²) < 4.78 is 1.12. The van der Waals surface area contributed by atoms with Crippen molar-refractivity contribution >= 4 is 27.5 Å². The minimum Gasteiger partial charge on any atom is -0.383 e. The first-order valence-electron chi connectivity index (χ1n) is 9.89. The van der Waals surface area contributed by atoms with Crippen molar-refractivity contribution in [2.24, 2.45) is 0 Å². The summed E-state index contributed by atoms with van der Waals surface area (Å²) in [6.07, 6.45) is 0. The molecule has 2 amide bonds. The van der Waals surface area contributed by atoms with E-state index in [1.54, 1.807) is 18.3 Å². The predicted octanol–water partition coefficient (Wildman–Crippen LogP) is 5.20. The van der Waals surface area contributed by atoms with Crippen LogP contribution in [0.5, 0.6) is 0 Å². The third-order valence-electron chi connectivity index (χ3n) is 5.09. The van der Waals surface area contributed by atoms with E-state index in [0.717, 1.165) is 26.1 Å². The molecule has 152 valence electrons. The fourth-order valence-electron chi connectivity index (χ4n) is 3.42. The highest BCUT2D eigenvalue weighted by Gasteiger charge is 2.27. The van der Waals surface area contributed by atoms with Crippen molar-refractivity contribution < 1.29 is 9.90 Å². The molecule has 0 spiro atoms.